The van der Waals surface area contributed by atoms with Crippen molar-refractivity contribution >= 4 is 5.78 Å². The molecule has 4 nitrogen and oxygen atoms in total. The molecule has 1 aliphatic rings. The van der Waals surface area contributed by atoms with E-state index in [2.05, 4.69) is 17.2 Å². The smallest absolute Gasteiger partial charge is 0.211 e. The van der Waals surface area contributed by atoms with Gasteiger partial charge in [-0.1, -0.05) is 6.92 Å². The lowest BCUT2D eigenvalue weighted by Gasteiger charge is -2.05. The largest absolute Gasteiger partial charge is 0.328 e. The van der Waals surface area contributed by atoms with Crippen molar-refractivity contribution in [3.63, 3.8) is 0 Å². The molecule has 1 aromatic heterocycles. The van der Waals surface area contributed by atoms with Crippen LogP contribution in [-0.4, -0.2) is 27.9 Å². The Kier molecular flexibility index (Phi) is 3.16. The van der Waals surface area contributed by atoms with Gasteiger partial charge in [0.2, 0.25) is 5.78 Å². The molecule has 0 aliphatic heterocycles. The number of ketones is 1. The zero-order valence-corrected chi connectivity index (χ0v) is 9.07. The maximum atomic E-state index is 11.8. The van der Waals surface area contributed by atoms with Gasteiger partial charge >= 0.3 is 0 Å². The molecular weight excluding hydrogens is 190 g/mol. The van der Waals surface area contributed by atoms with Gasteiger partial charge < -0.3 is 9.88 Å². The van der Waals surface area contributed by atoms with Gasteiger partial charge in [-0.15, -0.1) is 0 Å². The van der Waals surface area contributed by atoms with Gasteiger partial charge in [0.05, 0.1) is 6.54 Å². The minimum atomic E-state index is 0.0975. The van der Waals surface area contributed by atoms with Gasteiger partial charge in [0.25, 0.3) is 0 Å². The number of hydrogen-bond acceptors (Lipinski definition) is 3. The number of aromatic nitrogens is 2. The van der Waals surface area contributed by atoms with E-state index in [9.17, 15) is 4.79 Å². The van der Waals surface area contributed by atoms with Gasteiger partial charge in [-0.25, -0.2) is 4.98 Å². The van der Waals surface area contributed by atoms with Crippen LogP contribution in [0.1, 0.15) is 36.8 Å². The van der Waals surface area contributed by atoms with Crippen LogP contribution in [0.5, 0.6) is 0 Å². The van der Waals surface area contributed by atoms with E-state index in [1.54, 1.807) is 6.20 Å². The zero-order valence-electron chi connectivity index (χ0n) is 9.07. The third kappa shape index (κ3) is 2.65. The number of carbonyl (C=O) groups excluding carboxylic acids is 1. The predicted molar refractivity (Wildman–Crippen MR) is 57.9 cm³/mol. The SMILES string of the molecule is CCCn1ccnc1C(=O)CNC1CC1. The van der Waals surface area contributed by atoms with E-state index in [-0.39, 0.29) is 5.78 Å². The van der Waals surface area contributed by atoms with Gasteiger partial charge in [0.15, 0.2) is 5.82 Å². The topological polar surface area (TPSA) is 46.9 Å². The first-order valence-electron chi connectivity index (χ1n) is 5.59. The monoisotopic (exact) mass is 207 g/mol. The molecule has 0 atom stereocenters. The number of aryl methyl sites for hydroxylation is 1. The van der Waals surface area contributed by atoms with E-state index in [1.807, 2.05) is 10.8 Å². The molecule has 82 valence electrons. The molecule has 0 radical (unpaired) electrons. The average Bonchev–Trinajstić information content (AvgIpc) is 2.95. The third-order valence-electron chi connectivity index (χ3n) is 2.56. The summed E-state index contributed by atoms with van der Waals surface area (Å²) in [7, 11) is 0. The molecule has 1 fully saturated rings. The Morgan fingerprint density at radius 2 is 2.47 bits per heavy atom. The second-order valence-electron chi connectivity index (χ2n) is 4.02. The predicted octanol–water partition coefficient (Wildman–Crippen LogP) is 1.23. The summed E-state index contributed by atoms with van der Waals surface area (Å²) in [5.74, 6) is 0.686. The van der Waals surface area contributed by atoms with Crippen molar-refractivity contribution in [2.45, 2.75) is 38.8 Å². The van der Waals surface area contributed by atoms with Gasteiger partial charge in [0, 0.05) is 25.0 Å². The van der Waals surface area contributed by atoms with Crippen molar-refractivity contribution in [3.05, 3.63) is 18.2 Å². The molecule has 15 heavy (non-hydrogen) atoms. The van der Waals surface area contributed by atoms with Gasteiger partial charge in [-0.2, -0.15) is 0 Å². The number of nitrogens with one attached hydrogen (secondary N) is 1. The zero-order chi connectivity index (χ0) is 10.7. The molecule has 2 rings (SSSR count). The summed E-state index contributed by atoms with van der Waals surface area (Å²) in [5.41, 5.74) is 0. The molecule has 1 aliphatic carbocycles. The van der Waals surface area contributed by atoms with E-state index in [0.717, 1.165) is 13.0 Å². The van der Waals surface area contributed by atoms with Crippen molar-refractivity contribution < 1.29 is 4.79 Å². The second kappa shape index (κ2) is 4.57. The quantitative estimate of drug-likeness (QED) is 0.714. The van der Waals surface area contributed by atoms with Crippen molar-refractivity contribution in [2.24, 2.45) is 0 Å². The molecule has 1 saturated carbocycles. The Morgan fingerprint density at radius 3 is 3.13 bits per heavy atom. The number of nitrogens with zero attached hydrogens (tertiary/aromatic N) is 2. The standard InChI is InChI=1S/C11H17N3O/c1-2-6-14-7-5-12-11(14)10(15)8-13-9-3-4-9/h5,7,9,13H,2-4,6,8H2,1H3. The minimum absolute atomic E-state index is 0.0975. The minimum Gasteiger partial charge on any atom is -0.328 e. The van der Waals surface area contributed by atoms with Crippen LogP contribution < -0.4 is 5.32 Å². The number of Topliss-reactive ketones (excluding diaryl/α,β-unsaturated/α-hetero) is 1. The summed E-state index contributed by atoms with van der Waals surface area (Å²) < 4.78 is 1.93. The number of hydrogen-bond donors (Lipinski definition) is 1. The first kappa shape index (κ1) is 10.4. The normalized spacial score (nSPS) is 15.5. The molecule has 0 spiro atoms. The lowest BCUT2D eigenvalue weighted by Crippen LogP contribution is -2.27. The van der Waals surface area contributed by atoms with E-state index >= 15 is 0 Å². The summed E-state index contributed by atoms with van der Waals surface area (Å²) in [6.45, 7) is 3.38. The van der Waals surface area contributed by atoms with Crippen LogP contribution in [0.4, 0.5) is 0 Å². The van der Waals surface area contributed by atoms with Crippen LogP contribution in [-0.2, 0) is 6.54 Å². The highest BCUT2D eigenvalue weighted by molar-refractivity contribution is 5.94. The molecular formula is C11H17N3O. The third-order valence-corrected chi connectivity index (χ3v) is 2.56. The van der Waals surface area contributed by atoms with Crippen LogP contribution in [0.25, 0.3) is 0 Å². The summed E-state index contributed by atoms with van der Waals surface area (Å²) in [4.78, 5) is 15.9. The van der Waals surface area contributed by atoms with E-state index in [1.165, 1.54) is 12.8 Å². The second-order valence-corrected chi connectivity index (χ2v) is 4.02. The van der Waals surface area contributed by atoms with Crippen LogP contribution in [0.3, 0.4) is 0 Å². The fourth-order valence-corrected chi connectivity index (χ4v) is 1.59. The lowest BCUT2D eigenvalue weighted by atomic mass is 10.3. The van der Waals surface area contributed by atoms with Crippen LogP contribution in [0, 0.1) is 0 Å². The molecule has 0 amide bonds. The molecule has 1 heterocycles. The highest BCUT2D eigenvalue weighted by atomic mass is 16.1. The van der Waals surface area contributed by atoms with Crippen LogP contribution in [0.15, 0.2) is 12.4 Å². The summed E-state index contributed by atoms with van der Waals surface area (Å²) in [5, 5.41) is 3.21. The van der Waals surface area contributed by atoms with Crippen LogP contribution in [0.2, 0.25) is 0 Å². The van der Waals surface area contributed by atoms with Crippen molar-refractivity contribution in [3.8, 4) is 0 Å². The maximum Gasteiger partial charge on any atom is 0.211 e. The average molecular weight is 207 g/mol. The Morgan fingerprint density at radius 1 is 1.67 bits per heavy atom. The van der Waals surface area contributed by atoms with Crippen molar-refractivity contribution in [1.29, 1.82) is 0 Å². The Balaban J connectivity index is 1.93. The fraction of sp³-hybridized carbons (Fsp3) is 0.636. The molecule has 0 saturated heterocycles. The highest BCUT2D eigenvalue weighted by Crippen LogP contribution is 2.18. The summed E-state index contributed by atoms with van der Waals surface area (Å²) in [6, 6.07) is 0.573. The summed E-state index contributed by atoms with van der Waals surface area (Å²) >= 11 is 0. The van der Waals surface area contributed by atoms with Crippen LogP contribution >= 0.6 is 0 Å². The summed E-state index contributed by atoms with van der Waals surface area (Å²) in [6.07, 6.45) is 6.99. The lowest BCUT2D eigenvalue weighted by molar-refractivity contribution is 0.0976. The molecule has 4 heteroatoms. The first-order valence-corrected chi connectivity index (χ1v) is 5.59. The Labute approximate surface area is 89.7 Å². The Bertz CT molecular complexity index is 341. The van der Waals surface area contributed by atoms with E-state index in [0.29, 0.717) is 18.4 Å². The van der Waals surface area contributed by atoms with E-state index < -0.39 is 0 Å². The number of carbonyl (C=O) groups is 1. The maximum absolute atomic E-state index is 11.8. The van der Waals surface area contributed by atoms with Crippen molar-refractivity contribution in [2.75, 3.05) is 6.54 Å². The number of imidazole rings is 1. The van der Waals surface area contributed by atoms with Crippen molar-refractivity contribution in [1.82, 2.24) is 14.9 Å². The molecule has 0 bridgehead atoms. The molecule has 1 N–H and O–H groups in total. The van der Waals surface area contributed by atoms with Gasteiger partial charge in [0.1, 0.15) is 0 Å². The Hall–Kier alpha value is -1.16. The molecule has 0 unspecified atom stereocenters. The highest BCUT2D eigenvalue weighted by Gasteiger charge is 2.22. The number of rotatable bonds is 6. The molecule has 1 aromatic rings. The van der Waals surface area contributed by atoms with E-state index in [4.69, 9.17) is 0 Å². The first-order chi connectivity index (χ1) is 7.31. The van der Waals surface area contributed by atoms with Gasteiger partial charge in [-0.3, -0.25) is 4.79 Å². The fourth-order valence-electron chi connectivity index (χ4n) is 1.59. The van der Waals surface area contributed by atoms with Gasteiger partial charge in [-0.05, 0) is 19.3 Å². The molecule has 0 aromatic carbocycles.